The van der Waals surface area contributed by atoms with Crippen LogP contribution in [0.1, 0.15) is 15.9 Å². The van der Waals surface area contributed by atoms with Crippen molar-refractivity contribution in [3.05, 3.63) is 53.7 Å². The fourth-order valence-corrected chi connectivity index (χ4v) is 1.79. The first-order valence-corrected chi connectivity index (χ1v) is 5.64. The predicted molar refractivity (Wildman–Crippen MR) is 69.4 cm³/mol. The van der Waals surface area contributed by atoms with Crippen LogP contribution in [-0.2, 0) is 6.54 Å². The summed E-state index contributed by atoms with van der Waals surface area (Å²) < 4.78 is 0. The molecule has 1 heterocycles. The van der Waals surface area contributed by atoms with Crippen LogP contribution in [0.5, 0.6) is 0 Å². The van der Waals surface area contributed by atoms with Crippen LogP contribution in [0, 0.1) is 0 Å². The molecule has 2 rings (SSSR count). The normalized spacial score (nSPS) is 10.3. The molecule has 0 aliphatic carbocycles. The van der Waals surface area contributed by atoms with Crippen molar-refractivity contribution in [1.29, 1.82) is 0 Å². The zero-order chi connectivity index (χ0) is 13.0. The Bertz CT molecular complexity index is 550. The third-order valence-corrected chi connectivity index (χ3v) is 2.64. The maximum absolute atomic E-state index is 11.1. The molecule has 0 spiro atoms. The molecule has 0 unspecified atom stereocenters. The van der Waals surface area contributed by atoms with E-state index in [1.165, 1.54) is 0 Å². The van der Waals surface area contributed by atoms with Gasteiger partial charge < -0.3 is 10.4 Å². The van der Waals surface area contributed by atoms with Gasteiger partial charge in [-0.1, -0.05) is 24.3 Å². The summed E-state index contributed by atoms with van der Waals surface area (Å²) in [5, 5.41) is 12.2. The lowest BCUT2D eigenvalue weighted by Gasteiger charge is -2.06. The largest absolute Gasteiger partial charge is 0.478 e. The Hall–Kier alpha value is -2.20. The van der Waals surface area contributed by atoms with Crippen molar-refractivity contribution in [1.82, 2.24) is 10.3 Å². The van der Waals surface area contributed by atoms with Gasteiger partial charge in [-0.3, -0.25) is 4.98 Å². The molecule has 0 aliphatic rings. The van der Waals surface area contributed by atoms with Gasteiger partial charge >= 0.3 is 5.97 Å². The maximum Gasteiger partial charge on any atom is 0.336 e. The first-order valence-electron chi connectivity index (χ1n) is 5.64. The van der Waals surface area contributed by atoms with Crippen molar-refractivity contribution >= 4 is 5.97 Å². The monoisotopic (exact) mass is 242 g/mol. The summed E-state index contributed by atoms with van der Waals surface area (Å²) in [5.74, 6) is -0.938. The zero-order valence-corrected chi connectivity index (χ0v) is 10.1. The molecule has 4 nitrogen and oxygen atoms in total. The Morgan fingerprint density at radius 2 is 2.06 bits per heavy atom. The topological polar surface area (TPSA) is 62.2 Å². The second kappa shape index (κ2) is 5.42. The molecule has 0 amide bonds. The minimum absolute atomic E-state index is 0.270. The fraction of sp³-hybridized carbons (Fsp3) is 0.143. The summed E-state index contributed by atoms with van der Waals surface area (Å²) in [5.41, 5.74) is 2.65. The van der Waals surface area contributed by atoms with Crippen LogP contribution < -0.4 is 5.32 Å². The van der Waals surface area contributed by atoms with Crippen molar-refractivity contribution in [2.75, 3.05) is 7.05 Å². The van der Waals surface area contributed by atoms with Gasteiger partial charge in [-0.05, 0) is 24.7 Å². The molecule has 0 aliphatic heterocycles. The molecular formula is C14H14N2O2. The van der Waals surface area contributed by atoms with Crippen LogP contribution in [0.15, 0.2) is 42.6 Å². The van der Waals surface area contributed by atoms with Crippen LogP contribution in [0.2, 0.25) is 0 Å². The number of nitrogens with zero attached hydrogens (tertiary/aromatic N) is 1. The van der Waals surface area contributed by atoms with E-state index >= 15 is 0 Å². The van der Waals surface area contributed by atoms with Gasteiger partial charge in [0.2, 0.25) is 0 Å². The molecule has 0 fully saturated rings. The Morgan fingerprint density at radius 1 is 1.28 bits per heavy atom. The van der Waals surface area contributed by atoms with Crippen LogP contribution in [0.25, 0.3) is 11.3 Å². The summed E-state index contributed by atoms with van der Waals surface area (Å²) in [6, 6.07) is 10.7. The zero-order valence-electron chi connectivity index (χ0n) is 10.1. The molecule has 4 heteroatoms. The Balaban J connectivity index is 2.39. The van der Waals surface area contributed by atoms with E-state index in [0.29, 0.717) is 11.3 Å². The second-order valence-electron chi connectivity index (χ2n) is 3.93. The Kier molecular flexibility index (Phi) is 3.69. The van der Waals surface area contributed by atoms with Crippen molar-refractivity contribution in [3.63, 3.8) is 0 Å². The summed E-state index contributed by atoms with van der Waals surface area (Å²) >= 11 is 0. The van der Waals surface area contributed by atoms with Crippen molar-refractivity contribution in [2.45, 2.75) is 6.54 Å². The molecule has 2 N–H and O–H groups in total. The number of carboxylic acid groups (broad SMARTS) is 1. The fourth-order valence-electron chi connectivity index (χ4n) is 1.79. The molecule has 1 aromatic heterocycles. The van der Waals surface area contributed by atoms with E-state index in [4.69, 9.17) is 5.11 Å². The summed E-state index contributed by atoms with van der Waals surface area (Å²) in [7, 11) is 1.87. The molecule has 18 heavy (non-hydrogen) atoms. The van der Waals surface area contributed by atoms with E-state index in [9.17, 15) is 4.79 Å². The number of aromatic carboxylic acids is 1. The number of benzene rings is 1. The van der Waals surface area contributed by atoms with E-state index in [1.54, 1.807) is 24.4 Å². The van der Waals surface area contributed by atoms with E-state index < -0.39 is 5.97 Å². The Morgan fingerprint density at radius 3 is 2.67 bits per heavy atom. The number of pyridine rings is 1. The van der Waals surface area contributed by atoms with Gasteiger partial charge in [0.1, 0.15) is 0 Å². The maximum atomic E-state index is 11.1. The lowest BCUT2D eigenvalue weighted by Crippen LogP contribution is -2.05. The van der Waals surface area contributed by atoms with Gasteiger partial charge in [0.15, 0.2) is 0 Å². The number of hydrogen-bond acceptors (Lipinski definition) is 3. The van der Waals surface area contributed by atoms with Gasteiger partial charge in [0.05, 0.1) is 11.3 Å². The lowest BCUT2D eigenvalue weighted by atomic mass is 10.0. The van der Waals surface area contributed by atoms with Gasteiger partial charge in [-0.2, -0.15) is 0 Å². The standard InChI is InChI=1S/C14H14N2O2/c1-15-8-10-6-7-13(16-9-10)11-4-2-3-5-12(11)14(17)18/h2-7,9,15H,8H2,1H3,(H,17,18). The number of hydrogen-bond donors (Lipinski definition) is 2. The average molecular weight is 242 g/mol. The van der Waals surface area contributed by atoms with E-state index in [2.05, 4.69) is 10.3 Å². The third-order valence-electron chi connectivity index (χ3n) is 2.64. The minimum atomic E-state index is -0.938. The third kappa shape index (κ3) is 2.55. The molecule has 0 saturated heterocycles. The van der Waals surface area contributed by atoms with Gasteiger partial charge in [0.25, 0.3) is 0 Å². The van der Waals surface area contributed by atoms with Gasteiger partial charge in [-0.15, -0.1) is 0 Å². The number of carbonyl (C=O) groups is 1. The number of rotatable bonds is 4. The van der Waals surface area contributed by atoms with E-state index in [-0.39, 0.29) is 5.56 Å². The van der Waals surface area contributed by atoms with E-state index in [1.807, 2.05) is 25.2 Å². The second-order valence-corrected chi connectivity index (χ2v) is 3.93. The molecule has 0 bridgehead atoms. The van der Waals surface area contributed by atoms with Gasteiger partial charge in [-0.25, -0.2) is 4.79 Å². The summed E-state index contributed by atoms with van der Waals surface area (Å²) in [6.07, 6.45) is 1.75. The van der Waals surface area contributed by atoms with Gasteiger partial charge in [0, 0.05) is 18.3 Å². The first-order chi connectivity index (χ1) is 8.72. The highest BCUT2D eigenvalue weighted by molar-refractivity contribution is 5.95. The first kappa shape index (κ1) is 12.3. The smallest absolute Gasteiger partial charge is 0.336 e. The van der Waals surface area contributed by atoms with Crippen LogP contribution in [-0.4, -0.2) is 23.1 Å². The predicted octanol–water partition coefficient (Wildman–Crippen LogP) is 2.17. The van der Waals surface area contributed by atoms with E-state index in [0.717, 1.165) is 12.1 Å². The van der Waals surface area contributed by atoms with Crippen molar-refractivity contribution in [3.8, 4) is 11.3 Å². The number of aromatic nitrogens is 1. The average Bonchev–Trinajstić information content (AvgIpc) is 2.40. The van der Waals surface area contributed by atoms with Crippen LogP contribution >= 0.6 is 0 Å². The van der Waals surface area contributed by atoms with Crippen LogP contribution in [0.4, 0.5) is 0 Å². The molecule has 0 saturated carbocycles. The number of nitrogens with one attached hydrogen (secondary N) is 1. The molecule has 92 valence electrons. The number of carboxylic acids is 1. The Labute approximate surface area is 105 Å². The molecule has 1 aromatic carbocycles. The molecule has 0 atom stereocenters. The SMILES string of the molecule is CNCc1ccc(-c2ccccc2C(=O)O)nc1. The summed E-state index contributed by atoms with van der Waals surface area (Å²) in [4.78, 5) is 15.4. The highest BCUT2D eigenvalue weighted by Crippen LogP contribution is 2.21. The van der Waals surface area contributed by atoms with Crippen molar-refractivity contribution < 1.29 is 9.90 Å². The quantitative estimate of drug-likeness (QED) is 0.862. The lowest BCUT2D eigenvalue weighted by molar-refractivity contribution is 0.0697. The molecule has 0 radical (unpaired) electrons. The molecular weight excluding hydrogens is 228 g/mol. The molecule has 2 aromatic rings. The highest BCUT2D eigenvalue weighted by atomic mass is 16.4. The minimum Gasteiger partial charge on any atom is -0.478 e. The summed E-state index contributed by atoms with van der Waals surface area (Å²) in [6.45, 7) is 0.744. The van der Waals surface area contributed by atoms with Crippen LogP contribution in [0.3, 0.4) is 0 Å². The van der Waals surface area contributed by atoms with Crippen molar-refractivity contribution in [2.24, 2.45) is 0 Å². The highest BCUT2D eigenvalue weighted by Gasteiger charge is 2.11.